The molecule has 1 aromatic carbocycles. The second-order valence-corrected chi connectivity index (χ2v) is 6.83. The lowest BCUT2D eigenvalue weighted by atomic mass is 10.0. The van der Waals surface area contributed by atoms with Crippen LogP contribution in [0.5, 0.6) is 0 Å². The molecular formula is C22H28O3. The molecule has 0 spiro atoms. The molecule has 134 valence electrons. The summed E-state index contributed by atoms with van der Waals surface area (Å²) in [7, 11) is 0. The van der Waals surface area contributed by atoms with E-state index in [4.69, 9.17) is 9.84 Å². The molecule has 1 aliphatic rings. The molecule has 0 amide bonds. The molecule has 1 aromatic rings. The average Bonchev–Trinajstić information content (AvgIpc) is 2.95. The quantitative estimate of drug-likeness (QED) is 0.524. The van der Waals surface area contributed by atoms with Crippen LogP contribution >= 0.6 is 0 Å². The Kier molecular flexibility index (Phi) is 7.20. The molecule has 0 radical (unpaired) electrons. The molecule has 0 aromatic heterocycles. The smallest absolute Gasteiger partial charge is 0.334 e. The van der Waals surface area contributed by atoms with Gasteiger partial charge < -0.3 is 9.84 Å². The van der Waals surface area contributed by atoms with Crippen LogP contribution in [0.3, 0.4) is 0 Å². The molecule has 1 atom stereocenters. The Labute approximate surface area is 150 Å². The number of rotatable bonds is 8. The standard InChI is InChI=1S/C22H28O3/c1-16(2)6-4-7-17(3)8-5-9-20-14-21(25-22(20)24)19-12-10-18(15-23)11-13-19/h6,8,10-14,21,23H,4-5,7,9,15H2,1-3H3/b17-8+/t21-/m0/s1. The van der Waals surface area contributed by atoms with Crippen molar-refractivity contribution in [2.75, 3.05) is 0 Å². The van der Waals surface area contributed by atoms with Gasteiger partial charge in [-0.1, -0.05) is 47.6 Å². The molecule has 0 aliphatic carbocycles. The first kappa shape index (κ1) is 19.2. The number of hydrogen-bond donors (Lipinski definition) is 1. The number of aliphatic hydroxyl groups excluding tert-OH is 1. The second kappa shape index (κ2) is 9.38. The summed E-state index contributed by atoms with van der Waals surface area (Å²) in [4.78, 5) is 12.0. The van der Waals surface area contributed by atoms with E-state index in [0.717, 1.165) is 36.0 Å². The molecule has 0 fully saturated rings. The third-order valence-corrected chi connectivity index (χ3v) is 4.34. The fourth-order valence-electron chi connectivity index (χ4n) is 2.80. The minimum absolute atomic E-state index is 0.0190. The number of esters is 1. The maximum absolute atomic E-state index is 12.0. The number of allylic oxidation sites excluding steroid dienone is 4. The summed E-state index contributed by atoms with van der Waals surface area (Å²) in [6, 6.07) is 7.51. The largest absolute Gasteiger partial charge is 0.450 e. The Hall–Kier alpha value is -2.13. The predicted octanol–water partition coefficient (Wildman–Crippen LogP) is 5.18. The van der Waals surface area contributed by atoms with E-state index in [1.807, 2.05) is 30.3 Å². The summed E-state index contributed by atoms with van der Waals surface area (Å²) in [5.74, 6) is -0.216. The molecule has 3 heteroatoms. The first-order valence-electron chi connectivity index (χ1n) is 8.90. The summed E-state index contributed by atoms with van der Waals surface area (Å²) in [5.41, 5.74) is 5.26. The van der Waals surface area contributed by atoms with E-state index in [9.17, 15) is 4.79 Å². The molecule has 0 unspecified atom stereocenters. The number of carbonyl (C=O) groups is 1. The van der Waals surface area contributed by atoms with Crippen LogP contribution in [-0.4, -0.2) is 11.1 Å². The Morgan fingerprint density at radius 3 is 2.48 bits per heavy atom. The van der Waals surface area contributed by atoms with Gasteiger partial charge in [0.1, 0.15) is 6.10 Å². The van der Waals surface area contributed by atoms with Gasteiger partial charge in [-0.05, 0) is 63.7 Å². The number of ether oxygens (including phenoxy) is 1. The topological polar surface area (TPSA) is 46.5 Å². The van der Waals surface area contributed by atoms with Crippen molar-refractivity contribution in [2.45, 2.75) is 59.2 Å². The summed E-state index contributed by atoms with van der Waals surface area (Å²) < 4.78 is 5.46. The van der Waals surface area contributed by atoms with E-state index < -0.39 is 0 Å². The van der Waals surface area contributed by atoms with Gasteiger partial charge in [0.15, 0.2) is 0 Å². The van der Waals surface area contributed by atoms with Crippen molar-refractivity contribution in [3.05, 3.63) is 70.3 Å². The number of carbonyl (C=O) groups excluding carboxylic acids is 1. The SMILES string of the molecule is CC(C)=CCC/C(C)=C/CCC1=C[C@@H](c2ccc(CO)cc2)OC1=O. The van der Waals surface area contributed by atoms with Crippen LogP contribution in [0.4, 0.5) is 0 Å². The van der Waals surface area contributed by atoms with Crippen molar-refractivity contribution in [2.24, 2.45) is 0 Å². The van der Waals surface area contributed by atoms with Crippen LogP contribution in [-0.2, 0) is 16.1 Å². The van der Waals surface area contributed by atoms with E-state index in [1.54, 1.807) is 0 Å². The molecule has 1 aliphatic heterocycles. The van der Waals surface area contributed by atoms with E-state index in [-0.39, 0.29) is 18.7 Å². The minimum atomic E-state index is -0.307. The van der Waals surface area contributed by atoms with Crippen LogP contribution in [0.2, 0.25) is 0 Å². The predicted molar refractivity (Wildman–Crippen MR) is 101 cm³/mol. The van der Waals surface area contributed by atoms with Gasteiger partial charge in [-0.25, -0.2) is 4.79 Å². The third-order valence-electron chi connectivity index (χ3n) is 4.34. The highest BCUT2D eigenvalue weighted by atomic mass is 16.5. The monoisotopic (exact) mass is 340 g/mol. The summed E-state index contributed by atoms with van der Waals surface area (Å²) in [5, 5.41) is 9.09. The second-order valence-electron chi connectivity index (χ2n) is 6.83. The number of aliphatic hydroxyl groups is 1. The van der Waals surface area contributed by atoms with Gasteiger partial charge >= 0.3 is 5.97 Å². The molecule has 0 saturated carbocycles. The van der Waals surface area contributed by atoms with Crippen molar-refractivity contribution >= 4 is 5.97 Å². The summed E-state index contributed by atoms with van der Waals surface area (Å²) >= 11 is 0. The van der Waals surface area contributed by atoms with Crippen LogP contribution < -0.4 is 0 Å². The molecule has 0 saturated heterocycles. The molecular weight excluding hydrogens is 312 g/mol. The highest BCUT2D eigenvalue weighted by Gasteiger charge is 2.25. The molecule has 1 heterocycles. The van der Waals surface area contributed by atoms with Crippen LogP contribution in [0.15, 0.2) is 59.2 Å². The summed E-state index contributed by atoms with van der Waals surface area (Å²) in [6.45, 7) is 6.40. The highest BCUT2D eigenvalue weighted by Crippen LogP contribution is 2.30. The van der Waals surface area contributed by atoms with Gasteiger partial charge in [-0.3, -0.25) is 0 Å². The fourth-order valence-corrected chi connectivity index (χ4v) is 2.80. The zero-order valence-corrected chi connectivity index (χ0v) is 15.4. The van der Waals surface area contributed by atoms with Crippen LogP contribution in [0, 0.1) is 0 Å². The maximum atomic E-state index is 12.0. The lowest BCUT2D eigenvalue weighted by molar-refractivity contribution is -0.140. The number of cyclic esters (lactones) is 1. The van der Waals surface area contributed by atoms with Gasteiger partial charge in [0.2, 0.25) is 0 Å². The third kappa shape index (κ3) is 6.02. The Balaban J connectivity index is 1.88. The van der Waals surface area contributed by atoms with Gasteiger partial charge in [0.05, 0.1) is 6.61 Å². The van der Waals surface area contributed by atoms with Crippen molar-refractivity contribution in [1.29, 1.82) is 0 Å². The Morgan fingerprint density at radius 2 is 1.84 bits per heavy atom. The number of benzene rings is 1. The van der Waals surface area contributed by atoms with Crippen molar-refractivity contribution < 1.29 is 14.6 Å². The van der Waals surface area contributed by atoms with E-state index in [1.165, 1.54) is 11.1 Å². The molecule has 1 N–H and O–H groups in total. The van der Waals surface area contributed by atoms with Crippen LogP contribution in [0.25, 0.3) is 0 Å². The molecule has 0 bridgehead atoms. The fraction of sp³-hybridized carbons (Fsp3) is 0.409. The average molecular weight is 340 g/mol. The Morgan fingerprint density at radius 1 is 1.12 bits per heavy atom. The summed E-state index contributed by atoms with van der Waals surface area (Å²) in [6.07, 6.45) is 9.79. The van der Waals surface area contributed by atoms with Crippen molar-refractivity contribution in [1.82, 2.24) is 0 Å². The van der Waals surface area contributed by atoms with Gasteiger partial charge in [-0.15, -0.1) is 0 Å². The zero-order valence-electron chi connectivity index (χ0n) is 15.4. The molecule has 25 heavy (non-hydrogen) atoms. The van der Waals surface area contributed by atoms with E-state index in [0.29, 0.717) is 6.42 Å². The normalized spacial score (nSPS) is 17.3. The van der Waals surface area contributed by atoms with Crippen LogP contribution in [0.1, 0.15) is 63.7 Å². The van der Waals surface area contributed by atoms with E-state index >= 15 is 0 Å². The molecule has 2 rings (SSSR count). The van der Waals surface area contributed by atoms with E-state index in [2.05, 4.69) is 32.9 Å². The first-order chi connectivity index (χ1) is 12.0. The zero-order chi connectivity index (χ0) is 18.2. The maximum Gasteiger partial charge on any atom is 0.334 e. The minimum Gasteiger partial charge on any atom is -0.450 e. The van der Waals surface area contributed by atoms with Gasteiger partial charge in [-0.2, -0.15) is 0 Å². The first-order valence-corrected chi connectivity index (χ1v) is 8.90. The van der Waals surface area contributed by atoms with Gasteiger partial charge in [0.25, 0.3) is 0 Å². The lowest BCUT2D eigenvalue weighted by Crippen LogP contribution is -2.02. The highest BCUT2D eigenvalue weighted by molar-refractivity contribution is 5.91. The number of hydrogen-bond acceptors (Lipinski definition) is 3. The van der Waals surface area contributed by atoms with Gasteiger partial charge in [0, 0.05) is 5.57 Å². The molecule has 3 nitrogen and oxygen atoms in total. The lowest BCUT2D eigenvalue weighted by Gasteiger charge is -2.08. The van der Waals surface area contributed by atoms with Crippen molar-refractivity contribution in [3.63, 3.8) is 0 Å². The van der Waals surface area contributed by atoms with Crippen molar-refractivity contribution in [3.8, 4) is 0 Å². The Bertz CT molecular complexity index is 674.